The maximum atomic E-state index is 13.7. The molecular weight excluding hydrogens is 260 g/mol. The molecule has 3 rings (SSSR count). The van der Waals surface area contributed by atoms with Crippen molar-refractivity contribution in [2.24, 2.45) is 0 Å². The van der Waals surface area contributed by atoms with Crippen molar-refractivity contribution >= 4 is 17.0 Å². The van der Waals surface area contributed by atoms with E-state index in [0.717, 1.165) is 0 Å². The number of hydrogen-bond donors (Lipinski definition) is 1. The Labute approximate surface area is 114 Å². The van der Waals surface area contributed by atoms with Crippen LogP contribution in [0.15, 0.2) is 30.3 Å². The Morgan fingerprint density at radius 3 is 2.60 bits per heavy atom. The van der Waals surface area contributed by atoms with Gasteiger partial charge >= 0.3 is 0 Å². The fraction of sp³-hybridized carbons (Fsp3) is 0.133. The molecule has 2 N–H and O–H groups in total. The van der Waals surface area contributed by atoms with E-state index in [9.17, 15) is 8.78 Å². The lowest BCUT2D eigenvalue weighted by atomic mass is 10.1. The van der Waals surface area contributed by atoms with Crippen LogP contribution in [0.4, 0.5) is 14.7 Å². The largest absolute Gasteiger partial charge is 0.369 e. The molecule has 0 radical (unpaired) electrons. The van der Waals surface area contributed by atoms with Crippen LogP contribution in [0.2, 0.25) is 0 Å². The van der Waals surface area contributed by atoms with Gasteiger partial charge in [0.05, 0.1) is 16.7 Å². The molecule has 0 aliphatic rings. The van der Waals surface area contributed by atoms with Gasteiger partial charge in [-0.25, -0.2) is 13.8 Å². The summed E-state index contributed by atoms with van der Waals surface area (Å²) in [6, 6.07) is 7.76. The van der Waals surface area contributed by atoms with Crippen LogP contribution < -0.4 is 5.73 Å². The molecule has 2 aromatic carbocycles. The Bertz CT molecular complexity index is 822. The molecule has 0 saturated heterocycles. The first-order chi connectivity index (χ1) is 9.49. The molecule has 0 amide bonds. The topological polar surface area (TPSA) is 43.8 Å². The summed E-state index contributed by atoms with van der Waals surface area (Å²) >= 11 is 0. The third-order valence-corrected chi connectivity index (χ3v) is 3.44. The molecule has 1 aromatic heterocycles. The fourth-order valence-electron chi connectivity index (χ4n) is 2.31. The van der Waals surface area contributed by atoms with Crippen LogP contribution in [0, 0.1) is 25.5 Å². The first-order valence-electron chi connectivity index (χ1n) is 6.18. The molecule has 102 valence electrons. The summed E-state index contributed by atoms with van der Waals surface area (Å²) < 4.78 is 28.9. The van der Waals surface area contributed by atoms with Crippen LogP contribution in [0.1, 0.15) is 11.1 Å². The van der Waals surface area contributed by atoms with Gasteiger partial charge in [0.2, 0.25) is 5.95 Å². The number of aryl methyl sites for hydroxylation is 1. The van der Waals surface area contributed by atoms with Crippen molar-refractivity contribution in [1.29, 1.82) is 0 Å². The Morgan fingerprint density at radius 1 is 1.10 bits per heavy atom. The molecule has 0 bridgehead atoms. The molecule has 0 unspecified atom stereocenters. The molecule has 0 saturated carbocycles. The van der Waals surface area contributed by atoms with Crippen LogP contribution in [-0.4, -0.2) is 9.55 Å². The van der Waals surface area contributed by atoms with Gasteiger partial charge in [0, 0.05) is 11.6 Å². The smallest absolute Gasteiger partial charge is 0.205 e. The molecule has 0 fully saturated rings. The first kappa shape index (κ1) is 12.6. The van der Waals surface area contributed by atoms with E-state index >= 15 is 0 Å². The highest BCUT2D eigenvalue weighted by Gasteiger charge is 2.15. The lowest BCUT2D eigenvalue weighted by Crippen LogP contribution is -2.03. The van der Waals surface area contributed by atoms with Crippen LogP contribution in [0.25, 0.3) is 16.7 Å². The minimum atomic E-state index is -0.335. The molecule has 0 aliphatic carbocycles. The molecule has 0 aliphatic heterocycles. The van der Waals surface area contributed by atoms with Crippen molar-refractivity contribution in [2.75, 3.05) is 5.73 Å². The Balaban J connectivity index is 2.39. The molecule has 20 heavy (non-hydrogen) atoms. The number of anilines is 1. The number of nitrogens with zero attached hydrogens (tertiary/aromatic N) is 2. The van der Waals surface area contributed by atoms with Crippen LogP contribution in [0.5, 0.6) is 0 Å². The summed E-state index contributed by atoms with van der Waals surface area (Å²) in [6.45, 7) is 3.34. The molecule has 3 aromatic rings. The summed E-state index contributed by atoms with van der Waals surface area (Å²) in [7, 11) is 0. The summed E-state index contributed by atoms with van der Waals surface area (Å²) in [5.74, 6) is -0.445. The van der Waals surface area contributed by atoms with Gasteiger partial charge in [-0.3, -0.25) is 4.57 Å². The van der Waals surface area contributed by atoms with Crippen molar-refractivity contribution in [3.63, 3.8) is 0 Å². The van der Waals surface area contributed by atoms with Crippen LogP contribution in [0.3, 0.4) is 0 Å². The zero-order valence-electron chi connectivity index (χ0n) is 11.1. The van der Waals surface area contributed by atoms with E-state index in [-0.39, 0.29) is 17.6 Å². The van der Waals surface area contributed by atoms with E-state index in [0.29, 0.717) is 27.8 Å². The number of aromatic nitrogens is 2. The molecule has 0 spiro atoms. The third kappa shape index (κ3) is 1.74. The minimum Gasteiger partial charge on any atom is -0.369 e. The number of rotatable bonds is 1. The van der Waals surface area contributed by atoms with Gasteiger partial charge in [0.15, 0.2) is 0 Å². The molecule has 1 heterocycles. The number of halogens is 2. The van der Waals surface area contributed by atoms with E-state index in [4.69, 9.17) is 5.73 Å². The Morgan fingerprint density at radius 2 is 1.85 bits per heavy atom. The summed E-state index contributed by atoms with van der Waals surface area (Å²) in [5, 5.41) is 0. The van der Waals surface area contributed by atoms with Crippen molar-refractivity contribution in [3.8, 4) is 5.69 Å². The molecular formula is C15H13F2N3. The van der Waals surface area contributed by atoms with E-state index in [2.05, 4.69) is 4.98 Å². The van der Waals surface area contributed by atoms with E-state index in [1.807, 2.05) is 0 Å². The summed E-state index contributed by atoms with van der Waals surface area (Å²) in [5.41, 5.74) is 8.60. The van der Waals surface area contributed by atoms with E-state index in [1.54, 1.807) is 36.6 Å². The van der Waals surface area contributed by atoms with Crippen molar-refractivity contribution in [2.45, 2.75) is 13.8 Å². The first-order valence-corrected chi connectivity index (χ1v) is 6.18. The van der Waals surface area contributed by atoms with Gasteiger partial charge in [-0.05, 0) is 37.6 Å². The second-order valence-corrected chi connectivity index (χ2v) is 4.78. The number of benzene rings is 2. The van der Waals surface area contributed by atoms with Crippen LogP contribution in [-0.2, 0) is 0 Å². The predicted octanol–water partition coefficient (Wildman–Crippen LogP) is 3.50. The molecule has 5 heteroatoms. The maximum Gasteiger partial charge on any atom is 0.205 e. The average molecular weight is 273 g/mol. The van der Waals surface area contributed by atoms with Gasteiger partial charge in [0.1, 0.15) is 11.6 Å². The normalized spacial score (nSPS) is 11.2. The fourth-order valence-corrected chi connectivity index (χ4v) is 2.31. The quantitative estimate of drug-likeness (QED) is 0.737. The van der Waals surface area contributed by atoms with Gasteiger partial charge in [0.25, 0.3) is 0 Å². The highest BCUT2D eigenvalue weighted by molar-refractivity contribution is 5.82. The average Bonchev–Trinajstić information content (AvgIpc) is 2.69. The van der Waals surface area contributed by atoms with Gasteiger partial charge < -0.3 is 5.73 Å². The highest BCUT2D eigenvalue weighted by Crippen LogP contribution is 2.27. The van der Waals surface area contributed by atoms with Gasteiger partial charge in [-0.2, -0.15) is 0 Å². The van der Waals surface area contributed by atoms with Gasteiger partial charge in [-0.1, -0.05) is 6.07 Å². The number of imidazole rings is 1. The predicted molar refractivity (Wildman–Crippen MR) is 74.9 cm³/mol. The van der Waals surface area contributed by atoms with E-state index in [1.165, 1.54) is 12.1 Å². The zero-order chi connectivity index (χ0) is 14.4. The number of nitrogens with two attached hydrogens (primary N) is 1. The van der Waals surface area contributed by atoms with E-state index < -0.39 is 0 Å². The maximum absolute atomic E-state index is 13.7. The van der Waals surface area contributed by atoms with Crippen LogP contribution >= 0.6 is 0 Å². The lowest BCUT2D eigenvalue weighted by molar-refractivity contribution is 0.617. The van der Waals surface area contributed by atoms with Crippen molar-refractivity contribution < 1.29 is 8.78 Å². The minimum absolute atomic E-state index is 0.207. The van der Waals surface area contributed by atoms with Gasteiger partial charge in [-0.15, -0.1) is 0 Å². The number of fused-ring (bicyclic) bond motifs is 1. The molecule has 0 atom stereocenters. The standard InChI is InChI=1S/C15H13F2N3/c1-8-6-14-12(7-11(8)17)19-15(18)20(14)13-5-3-4-10(16)9(13)2/h3-7H,1-2H3,(H2,18,19). The third-order valence-electron chi connectivity index (χ3n) is 3.44. The van der Waals surface area contributed by atoms with Crippen molar-refractivity contribution in [1.82, 2.24) is 9.55 Å². The zero-order valence-corrected chi connectivity index (χ0v) is 11.1. The Hall–Kier alpha value is -2.43. The number of hydrogen-bond acceptors (Lipinski definition) is 2. The summed E-state index contributed by atoms with van der Waals surface area (Å²) in [4.78, 5) is 4.14. The molecule has 3 nitrogen and oxygen atoms in total. The SMILES string of the molecule is Cc1cc2c(cc1F)nc(N)n2-c1cccc(F)c1C. The monoisotopic (exact) mass is 273 g/mol. The highest BCUT2D eigenvalue weighted by atomic mass is 19.1. The lowest BCUT2D eigenvalue weighted by Gasteiger charge is -2.10. The Kier molecular flexibility index (Phi) is 2.71. The van der Waals surface area contributed by atoms with Crippen molar-refractivity contribution in [3.05, 3.63) is 53.1 Å². The second kappa shape index (κ2) is 4.30. The summed E-state index contributed by atoms with van der Waals surface area (Å²) in [6.07, 6.45) is 0. The second-order valence-electron chi connectivity index (χ2n) is 4.78. The number of nitrogen functional groups attached to an aromatic ring is 1.